The van der Waals surface area contributed by atoms with Gasteiger partial charge in [0, 0.05) is 6.04 Å². The third-order valence-electron chi connectivity index (χ3n) is 6.84. The van der Waals surface area contributed by atoms with Crippen LogP contribution in [-0.2, 0) is 9.16 Å². The van der Waals surface area contributed by atoms with Crippen LogP contribution < -0.4 is 0 Å². The minimum Gasteiger partial charge on any atom is -0.444 e. The van der Waals surface area contributed by atoms with Gasteiger partial charge >= 0.3 is 6.09 Å². The number of amides is 1. The van der Waals surface area contributed by atoms with Gasteiger partial charge in [0.05, 0.1) is 12.6 Å². The lowest BCUT2D eigenvalue weighted by atomic mass is 10.0. The second-order valence-corrected chi connectivity index (χ2v) is 16.3. The molecule has 1 aliphatic heterocycles. The van der Waals surface area contributed by atoms with E-state index in [-0.39, 0.29) is 23.2 Å². The van der Waals surface area contributed by atoms with Gasteiger partial charge in [-0.05, 0) is 90.3 Å². The maximum atomic E-state index is 13.1. The van der Waals surface area contributed by atoms with Gasteiger partial charge in [0.2, 0.25) is 0 Å². The molecule has 1 aliphatic carbocycles. The topological polar surface area (TPSA) is 38.8 Å². The number of likely N-dealkylation sites (tertiary alicyclic amines) is 1. The summed E-state index contributed by atoms with van der Waals surface area (Å²) in [6.45, 7) is 17.8. The molecule has 0 radical (unpaired) electrons. The number of hydrogen-bond donors (Lipinski definition) is 0. The highest BCUT2D eigenvalue weighted by Crippen LogP contribution is 2.38. The summed E-state index contributed by atoms with van der Waals surface area (Å²) in [4.78, 5) is 15.1. The number of carbonyl (C=O) groups is 1. The van der Waals surface area contributed by atoms with Gasteiger partial charge < -0.3 is 9.16 Å². The molecule has 2 atom stereocenters. The molecular formula is C24H45NO3Si. The Morgan fingerprint density at radius 3 is 2.34 bits per heavy atom. The Balaban J connectivity index is 2.01. The molecule has 168 valence electrons. The van der Waals surface area contributed by atoms with Crippen molar-refractivity contribution in [2.24, 2.45) is 0 Å². The van der Waals surface area contributed by atoms with Gasteiger partial charge in [-0.2, -0.15) is 0 Å². The van der Waals surface area contributed by atoms with Crippen LogP contribution in [0.15, 0.2) is 11.6 Å². The smallest absolute Gasteiger partial charge is 0.410 e. The molecular weight excluding hydrogens is 378 g/mol. The molecule has 4 nitrogen and oxygen atoms in total. The number of carbonyl (C=O) groups excluding carboxylic acids is 1. The zero-order valence-electron chi connectivity index (χ0n) is 20.3. The van der Waals surface area contributed by atoms with Crippen molar-refractivity contribution in [3.63, 3.8) is 0 Å². The van der Waals surface area contributed by atoms with Crippen LogP contribution in [0, 0.1) is 0 Å². The maximum absolute atomic E-state index is 13.1. The van der Waals surface area contributed by atoms with E-state index in [2.05, 4.69) is 39.9 Å². The van der Waals surface area contributed by atoms with E-state index in [1.807, 2.05) is 25.7 Å². The summed E-state index contributed by atoms with van der Waals surface area (Å²) >= 11 is 0. The van der Waals surface area contributed by atoms with Gasteiger partial charge in [0.1, 0.15) is 5.60 Å². The van der Waals surface area contributed by atoms with Crippen molar-refractivity contribution in [1.82, 2.24) is 4.90 Å². The lowest BCUT2D eigenvalue weighted by molar-refractivity contribution is 0.00873. The Kier molecular flexibility index (Phi) is 8.05. The van der Waals surface area contributed by atoms with Crippen molar-refractivity contribution in [3.05, 3.63) is 11.6 Å². The first-order valence-electron chi connectivity index (χ1n) is 11.6. The average molecular weight is 424 g/mol. The molecule has 0 aromatic heterocycles. The van der Waals surface area contributed by atoms with Gasteiger partial charge in [0.15, 0.2) is 8.32 Å². The molecule has 0 aromatic carbocycles. The Morgan fingerprint density at radius 1 is 1.14 bits per heavy atom. The van der Waals surface area contributed by atoms with Crippen molar-refractivity contribution in [2.45, 2.75) is 129 Å². The van der Waals surface area contributed by atoms with Gasteiger partial charge in [-0.1, -0.05) is 32.4 Å². The molecule has 2 rings (SSSR count). The standard InChI is InChI=1S/C24H45NO3Si/c1-23(2,3)28-22(26)25-20(15-11-14-19-12-9-10-13-19)16-17-21(25)18-27-29(7,8)24(4,5)6/h12,20-21H,9-11,13-18H2,1-8H3/t20-,21-/m0/s1. The molecule has 0 N–H and O–H groups in total. The largest absolute Gasteiger partial charge is 0.444 e. The Hall–Kier alpha value is -0.813. The van der Waals surface area contributed by atoms with Crippen LogP contribution in [0.2, 0.25) is 18.1 Å². The van der Waals surface area contributed by atoms with Crippen LogP contribution >= 0.6 is 0 Å². The summed E-state index contributed by atoms with van der Waals surface area (Å²) < 4.78 is 12.3. The van der Waals surface area contributed by atoms with Crippen molar-refractivity contribution >= 4 is 14.4 Å². The molecule has 0 saturated carbocycles. The Morgan fingerprint density at radius 2 is 1.79 bits per heavy atom. The van der Waals surface area contributed by atoms with Crippen molar-refractivity contribution in [2.75, 3.05) is 6.61 Å². The van der Waals surface area contributed by atoms with E-state index in [0.717, 1.165) is 25.7 Å². The fraction of sp³-hybridized carbons (Fsp3) is 0.875. The van der Waals surface area contributed by atoms with Gasteiger partial charge in [-0.15, -0.1) is 0 Å². The summed E-state index contributed by atoms with van der Waals surface area (Å²) in [5.74, 6) is 0. The highest BCUT2D eigenvalue weighted by Gasteiger charge is 2.42. The minimum atomic E-state index is -1.84. The van der Waals surface area contributed by atoms with E-state index in [0.29, 0.717) is 6.61 Å². The molecule has 2 aliphatic rings. The SMILES string of the molecule is CC(C)(C)OC(=O)N1[C@@H](CCCC2=CCCC2)CC[C@H]1CO[Si](C)(C)C(C)(C)C. The summed E-state index contributed by atoms with van der Waals surface area (Å²) in [7, 11) is -1.84. The monoisotopic (exact) mass is 423 g/mol. The Labute approximate surface area is 180 Å². The highest BCUT2D eigenvalue weighted by molar-refractivity contribution is 6.74. The second kappa shape index (κ2) is 9.55. The molecule has 0 unspecified atom stereocenters. The van der Waals surface area contributed by atoms with E-state index in [1.165, 1.54) is 25.7 Å². The van der Waals surface area contributed by atoms with E-state index in [4.69, 9.17) is 9.16 Å². The predicted octanol–water partition coefficient (Wildman–Crippen LogP) is 7.06. The van der Waals surface area contributed by atoms with Crippen LogP contribution in [0.4, 0.5) is 4.79 Å². The molecule has 0 spiro atoms. The van der Waals surface area contributed by atoms with E-state index in [9.17, 15) is 4.79 Å². The first-order valence-corrected chi connectivity index (χ1v) is 14.5. The molecule has 0 aromatic rings. The first kappa shape index (κ1) is 24.5. The zero-order chi connectivity index (χ0) is 21.9. The van der Waals surface area contributed by atoms with Gasteiger partial charge in [-0.3, -0.25) is 4.90 Å². The van der Waals surface area contributed by atoms with Gasteiger partial charge in [0.25, 0.3) is 0 Å². The quantitative estimate of drug-likeness (QED) is 0.325. The normalized spacial score (nSPS) is 23.4. The minimum absolute atomic E-state index is 0.134. The lowest BCUT2D eigenvalue weighted by Crippen LogP contribution is -2.49. The van der Waals surface area contributed by atoms with Gasteiger partial charge in [-0.25, -0.2) is 4.79 Å². The summed E-state index contributed by atoms with van der Waals surface area (Å²) in [6, 6.07) is 0.412. The van der Waals surface area contributed by atoms with Crippen LogP contribution in [0.5, 0.6) is 0 Å². The molecule has 1 fully saturated rings. The highest BCUT2D eigenvalue weighted by atomic mass is 28.4. The summed E-state index contributed by atoms with van der Waals surface area (Å²) in [5.41, 5.74) is 1.15. The third-order valence-corrected chi connectivity index (χ3v) is 11.3. The molecule has 29 heavy (non-hydrogen) atoms. The van der Waals surface area contributed by atoms with Crippen LogP contribution in [0.3, 0.4) is 0 Å². The zero-order valence-corrected chi connectivity index (χ0v) is 21.3. The summed E-state index contributed by atoms with van der Waals surface area (Å²) in [5, 5.41) is 0.177. The molecule has 0 bridgehead atoms. The molecule has 1 amide bonds. The average Bonchev–Trinajstić information content (AvgIpc) is 3.20. The molecule has 1 heterocycles. The van der Waals surface area contributed by atoms with Crippen molar-refractivity contribution in [3.8, 4) is 0 Å². The van der Waals surface area contributed by atoms with E-state index < -0.39 is 13.9 Å². The van der Waals surface area contributed by atoms with Crippen molar-refractivity contribution in [1.29, 1.82) is 0 Å². The predicted molar refractivity (Wildman–Crippen MR) is 124 cm³/mol. The lowest BCUT2D eigenvalue weighted by Gasteiger charge is -2.39. The van der Waals surface area contributed by atoms with Crippen LogP contribution in [0.1, 0.15) is 92.9 Å². The van der Waals surface area contributed by atoms with Crippen LogP contribution in [0.25, 0.3) is 0 Å². The number of allylic oxidation sites excluding steroid dienone is 2. The Bertz CT molecular complexity index is 586. The number of nitrogens with zero attached hydrogens (tertiary/aromatic N) is 1. The number of hydrogen-bond acceptors (Lipinski definition) is 3. The van der Waals surface area contributed by atoms with E-state index in [1.54, 1.807) is 5.57 Å². The second-order valence-electron chi connectivity index (χ2n) is 11.5. The van der Waals surface area contributed by atoms with E-state index >= 15 is 0 Å². The molecule has 5 heteroatoms. The number of rotatable bonds is 7. The fourth-order valence-electron chi connectivity index (χ4n) is 4.07. The van der Waals surface area contributed by atoms with Crippen molar-refractivity contribution < 1.29 is 14.0 Å². The molecule has 1 saturated heterocycles. The van der Waals surface area contributed by atoms with Crippen LogP contribution in [-0.4, -0.2) is 43.6 Å². The maximum Gasteiger partial charge on any atom is 0.410 e. The fourth-order valence-corrected chi connectivity index (χ4v) is 5.11. The summed E-state index contributed by atoms with van der Waals surface area (Å²) in [6.07, 6.45) is 11.6. The number of ether oxygens (including phenoxy) is 1. The first-order chi connectivity index (χ1) is 13.3. The third kappa shape index (κ3) is 7.13.